The summed E-state index contributed by atoms with van der Waals surface area (Å²) in [6.07, 6.45) is 4.51. The summed E-state index contributed by atoms with van der Waals surface area (Å²) in [6.45, 7) is 3.52. The number of rotatable bonds is 4. The van der Waals surface area contributed by atoms with E-state index in [1.165, 1.54) is 12.5 Å². The molecule has 1 N–H and O–H groups in total. The molecule has 0 heterocycles. The Morgan fingerprint density at radius 2 is 1.77 bits per heavy atom. The Morgan fingerprint density at radius 1 is 1.19 bits per heavy atom. The average Bonchev–Trinajstić information content (AvgIpc) is 2.53. The molecule has 0 radical (unpaired) electrons. The van der Waals surface area contributed by atoms with Gasteiger partial charge in [-0.2, -0.15) is 0 Å². The Kier molecular flexibility index (Phi) is 3.97. The van der Waals surface area contributed by atoms with Gasteiger partial charge in [0.25, 0.3) is 5.69 Å². The lowest BCUT2D eigenvalue weighted by molar-refractivity contribution is -0.385. The van der Waals surface area contributed by atoms with E-state index in [1.54, 1.807) is 19.1 Å². The number of nitro benzene ring substituents is 1. The first-order chi connectivity index (χ1) is 12.3. The molecular weight excluding hydrogens is 334 g/mol. The highest BCUT2D eigenvalue weighted by Crippen LogP contribution is 2.61. The molecule has 0 saturated heterocycles. The second-order valence-electron chi connectivity index (χ2n) is 8.69. The van der Waals surface area contributed by atoms with Gasteiger partial charge in [0.05, 0.1) is 4.92 Å². The van der Waals surface area contributed by atoms with Crippen molar-refractivity contribution in [2.75, 3.05) is 0 Å². The van der Waals surface area contributed by atoms with E-state index >= 15 is 0 Å². The summed E-state index contributed by atoms with van der Waals surface area (Å²) < 4.78 is 5.52. The van der Waals surface area contributed by atoms with E-state index in [0.29, 0.717) is 23.0 Å². The predicted octanol–water partition coefficient (Wildman–Crippen LogP) is 4.89. The SMILES string of the molecule is Cc1ccc(C(C)(OC(=O)O)C2C3CC4CC(C3)CC2C4)cc1[N+](=O)[O-]. The molecule has 0 aliphatic heterocycles. The Morgan fingerprint density at radius 3 is 2.27 bits per heavy atom. The molecule has 0 spiro atoms. The summed E-state index contributed by atoms with van der Waals surface area (Å²) in [7, 11) is 0. The summed E-state index contributed by atoms with van der Waals surface area (Å²) in [4.78, 5) is 22.5. The van der Waals surface area contributed by atoms with Crippen molar-refractivity contribution in [3.8, 4) is 0 Å². The molecule has 6 heteroatoms. The molecule has 1 atom stereocenters. The van der Waals surface area contributed by atoms with Gasteiger partial charge in [-0.25, -0.2) is 4.79 Å². The fraction of sp³-hybridized carbons (Fsp3) is 0.650. The zero-order valence-corrected chi connectivity index (χ0v) is 15.2. The summed E-state index contributed by atoms with van der Waals surface area (Å²) in [6, 6.07) is 5.02. The quantitative estimate of drug-likeness (QED) is 0.470. The fourth-order valence-corrected chi connectivity index (χ4v) is 6.44. The van der Waals surface area contributed by atoms with Gasteiger partial charge in [-0.3, -0.25) is 10.1 Å². The van der Waals surface area contributed by atoms with Gasteiger partial charge in [0.2, 0.25) is 0 Å². The van der Waals surface area contributed by atoms with Gasteiger partial charge in [0.15, 0.2) is 0 Å². The number of nitrogens with zero attached hydrogens (tertiary/aromatic N) is 1. The molecule has 1 aromatic rings. The minimum Gasteiger partial charge on any atom is -0.450 e. The number of carboxylic acid groups (broad SMARTS) is 1. The second-order valence-corrected chi connectivity index (χ2v) is 8.69. The summed E-state index contributed by atoms with van der Waals surface area (Å²) in [5, 5.41) is 20.8. The molecule has 1 aromatic carbocycles. The molecular formula is C20H25NO5. The number of benzene rings is 1. The Balaban J connectivity index is 1.78. The Bertz CT molecular complexity index is 733. The average molecular weight is 359 g/mol. The van der Waals surface area contributed by atoms with Crippen LogP contribution in [0.15, 0.2) is 18.2 Å². The van der Waals surface area contributed by atoms with E-state index in [1.807, 2.05) is 6.92 Å². The molecule has 5 rings (SSSR count). The molecule has 0 amide bonds. The number of hydrogen-bond acceptors (Lipinski definition) is 4. The molecule has 4 bridgehead atoms. The van der Waals surface area contributed by atoms with Gasteiger partial charge in [-0.15, -0.1) is 0 Å². The summed E-state index contributed by atoms with van der Waals surface area (Å²) >= 11 is 0. The van der Waals surface area contributed by atoms with Crippen LogP contribution < -0.4 is 0 Å². The first kappa shape index (κ1) is 17.3. The predicted molar refractivity (Wildman–Crippen MR) is 94.8 cm³/mol. The van der Waals surface area contributed by atoms with Crippen molar-refractivity contribution in [2.24, 2.45) is 29.6 Å². The maximum atomic E-state index is 11.6. The number of hydrogen-bond donors (Lipinski definition) is 1. The first-order valence-corrected chi connectivity index (χ1v) is 9.45. The van der Waals surface area contributed by atoms with E-state index in [2.05, 4.69) is 0 Å². The molecule has 26 heavy (non-hydrogen) atoms. The van der Waals surface area contributed by atoms with Crippen LogP contribution in [-0.2, 0) is 10.3 Å². The standard InChI is InChI=1S/C20H25NO5/c1-11-3-4-16(10-17(11)21(24)25)20(2,26-19(22)23)18-14-6-12-5-13(8-14)9-15(18)7-12/h3-4,10,12-15,18H,5-9H2,1-2H3,(H,22,23). The molecule has 1 unspecified atom stereocenters. The summed E-state index contributed by atoms with van der Waals surface area (Å²) in [5.41, 5.74) is 0.148. The highest BCUT2D eigenvalue weighted by molar-refractivity contribution is 5.58. The van der Waals surface area contributed by atoms with Crippen molar-refractivity contribution in [3.05, 3.63) is 39.4 Å². The topological polar surface area (TPSA) is 89.7 Å². The van der Waals surface area contributed by atoms with Crippen LogP contribution >= 0.6 is 0 Å². The monoisotopic (exact) mass is 359 g/mol. The maximum absolute atomic E-state index is 11.6. The fourth-order valence-electron chi connectivity index (χ4n) is 6.44. The molecule has 4 fully saturated rings. The lowest BCUT2D eigenvalue weighted by atomic mass is 9.48. The van der Waals surface area contributed by atoms with E-state index in [0.717, 1.165) is 37.5 Å². The van der Waals surface area contributed by atoms with Gasteiger partial charge in [-0.05, 0) is 69.6 Å². The summed E-state index contributed by atoms with van der Waals surface area (Å²) in [5.74, 6) is 2.49. The van der Waals surface area contributed by atoms with E-state index < -0.39 is 16.7 Å². The Hall–Kier alpha value is -2.11. The van der Waals surface area contributed by atoms with Crippen LogP contribution in [0.5, 0.6) is 0 Å². The highest BCUT2D eigenvalue weighted by atomic mass is 16.7. The van der Waals surface area contributed by atoms with Gasteiger partial charge < -0.3 is 9.84 Å². The molecule has 4 aliphatic carbocycles. The normalized spacial score (nSPS) is 34.3. The van der Waals surface area contributed by atoms with Crippen LogP contribution in [0.3, 0.4) is 0 Å². The molecule has 6 nitrogen and oxygen atoms in total. The van der Waals surface area contributed by atoms with Gasteiger partial charge in [0, 0.05) is 23.1 Å². The highest BCUT2D eigenvalue weighted by Gasteiger charge is 2.56. The number of nitro groups is 1. The third-order valence-corrected chi connectivity index (χ3v) is 7.14. The lowest BCUT2D eigenvalue weighted by Crippen LogP contribution is -2.54. The van der Waals surface area contributed by atoms with Crippen LogP contribution in [0, 0.1) is 46.6 Å². The van der Waals surface area contributed by atoms with Crippen molar-refractivity contribution in [1.82, 2.24) is 0 Å². The van der Waals surface area contributed by atoms with Gasteiger partial charge in [0.1, 0.15) is 5.60 Å². The van der Waals surface area contributed by atoms with Crippen molar-refractivity contribution in [1.29, 1.82) is 0 Å². The Labute approximate surface area is 152 Å². The van der Waals surface area contributed by atoms with Gasteiger partial charge in [-0.1, -0.05) is 12.1 Å². The van der Waals surface area contributed by atoms with E-state index in [9.17, 15) is 20.0 Å². The third-order valence-electron chi connectivity index (χ3n) is 7.14. The largest absolute Gasteiger partial charge is 0.506 e. The van der Waals surface area contributed by atoms with Crippen LogP contribution in [0.25, 0.3) is 0 Å². The molecule has 4 aliphatic rings. The zero-order chi connectivity index (χ0) is 18.6. The minimum atomic E-state index is -1.32. The molecule has 0 aromatic heterocycles. The lowest BCUT2D eigenvalue weighted by Gasteiger charge is -2.58. The van der Waals surface area contributed by atoms with Crippen LogP contribution in [0.1, 0.15) is 50.2 Å². The van der Waals surface area contributed by atoms with Crippen molar-refractivity contribution < 1.29 is 19.6 Å². The minimum absolute atomic E-state index is 0.0199. The van der Waals surface area contributed by atoms with Crippen molar-refractivity contribution in [3.63, 3.8) is 0 Å². The van der Waals surface area contributed by atoms with Gasteiger partial charge >= 0.3 is 6.16 Å². The number of aryl methyl sites for hydroxylation is 1. The van der Waals surface area contributed by atoms with Crippen molar-refractivity contribution >= 4 is 11.8 Å². The number of ether oxygens (including phenoxy) is 1. The van der Waals surface area contributed by atoms with Crippen molar-refractivity contribution in [2.45, 2.75) is 51.6 Å². The van der Waals surface area contributed by atoms with Crippen LogP contribution in [-0.4, -0.2) is 16.2 Å². The molecule has 4 saturated carbocycles. The smallest absolute Gasteiger partial charge is 0.450 e. The number of carbonyl (C=O) groups is 1. The second kappa shape index (κ2) is 5.96. The first-order valence-electron chi connectivity index (χ1n) is 9.45. The zero-order valence-electron chi connectivity index (χ0n) is 15.2. The van der Waals surface area contributed by atoms with Crippen LogP contribution in [0.4, 0.5) is 10.5 Å². The van der Waals surface area contributed by atoms with Crippen LogP contribution in [0.2, 0.25) is 0 Å². The third kappa shape index (κ3) is 2.66. The maximum Gasteiger partial charge on any atom is 0.506 e. The van der Waals surface area contributed by atoms with E-state index in [-0.39, 0.29) is 11.6 Å². The molecule has 140 valence electrons. The van der Waals surface area contributed by atoms with E-state index in [4.69, 9.17) is 4.74 Å².